The number of rotatable bonds is 2. The Morgan fingerprint density at radius 3 is 2.33 bits per heavy atom. The van der Waals surface area contributed by atoms with Crippen LogP contribution < -0.4 is 5.01 Å². The fourth-order valence-corrected chi connectivity index (χ4v) is 2.83. The lowest BCUT2D eigenvalue weighted by molar-refractivity contribution is -0.114. The van der Waals surface area contributed by atoms with Gasteiger partial charge in [0.15, 0.2) is 11.5 Å². The normalized spacial score (nSPS) is 16.0. The summed E-state index contributed by atoms with van der Waals surface area (Å²) < 4.78 is 0. The van der Waals surface area contributed by atoms with Gasteiger partial charge in [-0.1, -0.05) is 29.3 Å². The average Bonchev–Trinajstić information content (AvgIpc) is 2.78. The Labute approximate surface area is 148 Å². The Balaban J connectivity index is 1.98. The van der Waals surface area contributed by atoms with E-state index in [1.807, 2.05) is 0 Å². The Morgan fingerprint density at radius 1 is 1.04 bits per heavy atom. The molecule has 0 fully saturated rings. The van der Waals surface area contributed by atoms with E-state index in [1.54, 1.807) is 37.3 Å². The molecule has 1 aliphatic heterocycles. The molecule has 1 heterocycles. The maximum Gasteiger partial charge on any atom is 0.280 e. The van der Waals surface area contributed by atoms with Crippen LogP contribution in [-0.4, -0.2) is 21.8 Å². The van der Waals surface area contributed by atoms with E-state index >= 15 is 0 Å². The molecular formula is C17H12Cl2N2O3. The van der Waals surface area contributed by atoms with E-state index in [4.69, 9.17) is 23.2 Å². The molecule has 0 radical (unpaired) electrons. The van der Waals surface area contributed by atoms with Crippen molar-refractivity contribution in [2.75, 3.05) is 5.01 Å². The molecule has 0 aromatic heterocycles. The number of benzene rings is 2. The molecule has 2 aromatic carbocycles. The molecule has 7 heteroatoms. The van der Waals surface area contributed by atoms with E-state index in [2.05, 4.69) is 5.10 Å². The maximum atomic E-state index is 12.6. The van der Waals surface area contributed by atoms with Crippen LogP contribution >= 0.6 is 23.2 Å². The van der Waals surface area contributed by atoms with Gasteiger partial charge in [-0.2, -0.15) is 10.1 Å². The first-order valence-electron chi connectivity index (χ1n) is 6.95. The molecule has 1 amide bonds. The molecule has 24 heavy (non-hydrogen) atoms. The number of carbonyl (C=O) groups excluding carboxylic acids is 1. The monoisotopic (exact) mass is 362 g/mol. The van der Waals surface area contributed by atoms with Crippen LogP contribution in [0.1, 0.15) is 12.5 Å². The Bertz CT molecular complexity index is 886. The summed E-state index contributed by atoms with van der Waals surface area (Å²) in [6.45, 7) is 1.70. The van der Waals surface area contributed by atoms with Gasteiger partial charge in [0.2, 0.25) is 0 Å². The van der Waals surface area contributed by atoms with E-state index < -0.39 is 0 Å². The molecule has 0 aliphatic carbocycles. The number of hydrazone groups is 1. The summed E-state index contributed by atoms with van der Waals surface area (Å²) in [6.07, 6.45) is 1.59. The standard InChI is InChI=1S/C17H12Cl2N2O3/c1-9-14(4-10-2-3-15(22)16(23)5-10)17(24)21(20-9)13-7-11(18)6-12(19)8-13/h2-8,22-23H,1H3/b14-4+. The smallest absolute Gasteiger partial charge is 0.280 e. The molecule has 0 bridgehead atoms. The molecule has 1 aliphatic rings. The van der Waals surface area contributed by atoms with Gasteiger partial charge in [-0.05, 0) is 48.9 Å². The molecule has 0 unspecified atom stereocenters. The second-order valence-electron chi connectivity index (χ2n) is 5.24. The third-order valence-electron chi connectivity index (χ3n) is 3.46. The second kappa shape index (κ2) is 6.19. The summed E-state index contributed by atoms with van der Waals surface area (Å²) in [4.78, 5) is 12.6. The molecule has 0 saturated heterocycles. The SMILES string of the molecule is CC1=NN(c2cc(Cl)cc(Cl)c2)C(=O)/C1=C/c1ccc(O)c(O)c1. The molecule has 0 spiro atoms. The lowest BCUT2D eigenvalue weighted by atomic mass is 10.1. The fourth-order valence-electron chi connectivity index (χ4n) is 2.32. The largest absolute Gasteiger partial charge is 0.504 e. The highest BCUT2D eigenvalue weighted by Crippen LogP contribution is 2.31. The highest BCUT2D eigenvalue weighted by atomic mass is 35.5. The van der Waals surface area contributed by atoms with Crippen molar-refractivity contribution in [2.24, 2.45) is 5.10 Å². The van der Waals surface area contributed by atoms with Gasteiger partial charge in [0.1, 0.15) is 0 Å². The van der Waals surface area contributed by atoms with Gasteiger partial charge in [-0.25, -0.2) is 0 Å². The number of nitrogens with zero attached hydrogens (tertiary/aromatic N) is 2. The number of halogens is 2. The molecule has 2 N–H and O–H groups in total. The van der Waals surface area contributed by atoms with Crippen LogP contribution in [0.25, 0.3) is 6.08 Å². The first kappa shape index (κ1) is 16.4. The summed E-state index contributed by atoms with van der Waals surface area (Å²) in [7, 11) is 0. The van der Waals surface area contributed by atoms with Gasteiger partial charge in [-0.3, -0.25) is 4.79 Å². The van der Waals surface area contributed by atoms with Gasteiger partial charge >= 0.3 is 0 Å². The van der Waals surface area contributed by atoms with Crippen LogP contribution in [0.15, 0.2) is 47.1 Å². The number of hydrogen-bond acceptors (Lipinski definition) is 4. The van der Waals surface area contributed by atoms with Crippen molar-refractivity contribution in [2.45, 2.75) is 6.92 Å². The molecular weight excluding hydrogens is 351 g/mol. The van der Waals surface area contributed by atoms with E-state index in [9.17, 15) is 15.0 Å². The van der Waals surface area contributed by atoms with Crippen molar-refractivity contribution in [3.05, 3.63) is 57.6 Å². The average molecular weight is 363 g/mol. The topological polar surface area (TPSA) is 73.1 Å². The molecule has 3 rings (SSSR count). The number of carbonyl (C=O) groups is 1. The number of phenols is 2. The van der Waals surface area contributed by atoms with Crippen molar-refractivity contribution in [3.63, 3.8) is 0 Å². The summed E-state index contributed by atoms with van der Waals surface area (Å²) in [6, 6.07) is 9.06. The highest BCUT2D eigenvalue weighted by Gasteiger charge is 2.29. The third kappa shape index (κ3) is 3.09. The second-order valence-corrected chi connectivity index (χ2v) is 6.11. The van der Waals surface area contributed by atoms with Crippen LogP contribution in [-0.2, 0) is 4.79 Å². The van der Waals surface area contributed by atoms with Gasteiger partial charge < -0.3 is 10.2 Å². The number of amides is 1. The number of aromatic hydroxyl groups is 2. The van der Waals surface area contributed by atoms with Gasteiger partial charge in [0.05, 0.1) is 17.0 Å². The molecule has 122 valence electrons. The van der Waals surface area contributed by atoms with Crippen LogP contribution in [0.2, 0.25) is 10.0 Å². The van der Waals surface area contributed by atoms with Crippen molar-refractivity contribution in [1.82, 2.24) is 0 Å². The van der Waals surface area contributed by atoms with Crippen LogP contribution in [0.5, 0.6) is 11.5 Å². The Morgan fingerprint density at radius 2 is 1.71 bits per heavy atom. The lowest BCUT2D eigenvalue weighted by Crippen LogP contribution is -2.21. The van der Waals surface area contributed by atoms with Crippen molar-refractivity contribution in [1.29, 1.82) is 0 Å². The quantitative estimate of drug-likeness (QED) is 0.620. The van der Waals surface area contributed by atoms with Gasteiger partial charge in [0, 0.05) is 10.0 Å². The predicted octanol–water partition coefficient (Wildman–Crippen LogP) is 4.21. The minimum Gasteiger partial charge on any atom is -0.504 e. The minimum atomic E-state index is -0.335. The minimum absolute atomic E-state index is 0.226. The third-order valence-corrected chi connectivity index (χ3v) is 3.90. The first-order chi connectivity index (χ1) is 11.3. The van der Waals surface area contributed by atoms with Crippen LogP contribution in [0, 0.1) is 0 Å². The highest BCUT2D eigenvalue weighted by molar-refractivity contribution is 6.36. The summed E-state index contributed by atoms with van der Waals surface area (Å²) in [5.74, 6) is -0.822. The van der Waals surface area contributed by atoms with Crippen LogP contribution in [0.4, 0.5) is 5.69 Å². The zero-order valence-electron chi connectivity index (χ0n) is 12.5. The molecule has 5 nitrogen and oxygen atoms in total. The number of hydrogen-bond donors (Lipinski definition) is 2. The predicted molar refractivity (Wildman–Crippen MR) is 94.8 cm³/mol. The number of anilines is 1. The summed E-state index contributed by atoms with van der Waals surface area (Å²) in [5, 5.41) is 25.2. The lowest BCUT2D eigenvalue weighted by Gasteiger charge is -2.12. The van der Waals surface area contributed by atoms with Crippen LogP contribution in [0.3, 0.4) is 0 Å². The van der Waals surface area contributed by atoms with E-state index in [1.165, 1.54) is 17.1 Å². The van der Waals surface area contributed by atoms with E-state index in [-0.39, 0.29) is 17.4 Å². The van der Waals surface area contributed by atoms with E-state index in [0.717, 1.165) is 0 Å². The Hall–Kier alpha value is -2.50. The van der Waals surface area contributed by atoms with Crippen molar-refractivity contribution in [3.8, 4) is 11.5 Å². The van der Waals surface area contributed by atoms with Gasteiger partial charge in [0.25, 0.3) is 5.91 Å². The maximum absolute atomic E-state index is 12.6. The van der Waals surface area contributed by atoms with Gasteiger partial charge in [-0.15, -0.1) is 0 Å². The molecule has 0 saturated carbocycles. The Kier molecular flexibility index (Phi) is 4.22. The summed E-state index contributed by atoms with van der Waals surface area (Å²) in [5.41, 5.74) is 1.92. The summed E-state index contributed by atoms with van der Waals surface area (Å²) >= 11 is 11.9. The fraction of sp³-hybridized carbons (Fsp3) is 0.0588. The number of phenolic OH excluding ortho intramolecular Hbond substituents is 2. The molecule has 0 atom stereocenters. The zero-order chi connectivity index (χ0) is 17.4. The van der Waals surface area contributed by atoms with E-state index in [0.29, 0.717) is 32.6 Å². The van der Waals surface area contributed by atoms with Crippen molar-refractivity contribution >= 4 is 46.6 Å². The molecule has 2 aromatic rings. The first-order valence-corrected chi connectivity index (χ1v) is 7.70. The van der Waals surface area contributed by atoms with Crippen molar-refractivity contribution < 1.29 is 15.0 Å². The zero-order valence-corrected chi connectivity index (χ0v) is 14.0.